The van der Waals surface area contributed by atoms with Gasteiger partial charge in [-0.05, 0) is 49.1 Å². The van der Waals surface area contributed by atoms with Gasteiger partial charge in [0.2, 0.25) is 0 Å². The number of carbonyl (C=O) groups excluding carboxylic acids is 1. The number of furan rings is 1. The lowest BCUT2D eigenvalue weighted by Crippen LogP contribution is -2.30. The maximum atomic E-state index is 12.6. The standard InChI is InChI=1S/C23H25N3O4S/c27-23(25-16-18-9-10-21(24-15-18)26-12-5-2-6-13-26)22-19(11-14-30-22)17-31(28,29)20-7-3-1-4-8-20/h1,3-4,7-11,14-15H,2,5-6,12-13,16-17H2,(H,25,27). The van der Waals surface area contributed by atoms with E-state index in [9.17, 15) is 13.2 Å². The number of amides is 1. The number of pyridine rings is 1. The van der Waals surface area contributed by atoms with Crippen LogP contribution >= 0.6 is 0 Å². The van der Waals surface area contributed by atoms with Crippen LogP contribution in [0.4, 0.5) is 5.82 Å². The van der Waals surface area contributed by atoms with Gasteiger partial charge in [-0.15, -0.1) is 0 Å². The number of sulfone groups is 1. The van der Waals surface area contributed by atoms with Crippen LogP contribution in [0.3, 0.4) is 0 Å². The number of benzene rings is 1. The van der Waals surface area contributed by atoms with Gasteiger partial charge in [0.25, 0.3) is 5.91 Å². The SMILES string of the molecule is O=C(NCc1ccc(N2CCCCC2)nc1)c1occc1CS(=O)(=O)c1ccccc1. The number of piperidine rings is 1. The molecule has 2 aromatic heterocycles. The van der Waals surface area contributed by atoms with Crippen molar-refractivity contribution in [2.24, 2.45) is 0 Å². The van der Waals surface area contributed by atoms with Crippen LogP contribution < -0.4 is 10.2 Å². The molecule has 3 heterocycles. The summed E-state index contributed by atoms with van der Waals surface area (Å²) in [5.74, 6) is 0.206. The summed E-state index contributed by atoms with van der Waals surface area (Å²) in [6.45, 7) is 2.32. The Bertz CT molecular complexity index is 1120. The Morgan fingerprint density at radius 1 is 1.03 bits per heavy atom. The molecule has 1 aliphatic heterocycles. The van der Waals surface area contributed by atoms with Crippen molar-refractivity contribution in [2.75, 3.05) is 18.0 Å². The Balaban J connectivity index is 1.38. The summed E-state index contributed by atoms with van der Waals surface area (Å²) in [6, 6.07) is 13.6. The Hall–Kier alpha value is -3.13. The molecule has 31 heavy (non-hydrogen) atoms. The molecule has 0 atom stereocenters. The fourth-order valence-corrected chi connectivity index (χ4v) is 5.03. The minimum Gasteiger partial charge on any atom is -0.459 e. The lowest BCUT2D eigenvalue weighted by atomic mass is 10.1. The predicted molar refractivity (Wildman–Crippen MR) is 118 cm³/mol. The summed E-state index contributed by atoms with van der Waals surface area (Å²) in [5, 5.41) is 2.79. The molecule has 1 amide bonds. The predicted octanol–water partition coefficient (Wildman–Crippen LogP) is 3.57. The molecule has 1 fully saturated rings. The number of aromatic nitrogens is 1. The van der Waals surface area contributed by atoms with Crippen molar-refractivity contribution in [3.05, 3.63) is 77.9 Å². The molecule has 0 spiro atoms. The maximum absolute atomic E-state index is 12.6. The monoisotopic (exact) mass is 439 g/mol. The third-order valence-corrected chi connectivity index (χ3v) is 7.02. The smallest absolute Gasteiger partial charge is 0.287 e. The Kier molecular flexibility index (Phi) is 6.36. The number of nitrogens with one attached hydrogen (secondary N) is 1. The minimum absolute atomic E-state index is 0.0115. The number of nitrogens with zero attached hydrogens (tertiary/aromatic N) is 2. The Labute approximate surface area is 182 Å². The van der Waals surface area contributed by atoms with Crippen LogP contribution in [0.15, 0.2) is 70.3 Å². The highest BCUT2D eigenvalue weighted by Crippen LogP contribution is 2.20. The van der Waals surface area contributed by atoms with Crippen LogP contribution in [0.5, 0.6) is 0 Å². The first-order valence-electron chi connectivity index (χ1n) is 10.4. The first kappa shape index (κ1) is 21.1. The van der Waals surface area contributed by atoms with E-state index in [4.69, 9.17) is 4.42 Å². The summed E-state index contributed by atoms with van der Waals surface area (Å²) in [4.78, 5) is 19.6. The normalized spacial score (nSPS) is 14.4. The third kappa shape index (κ3) is 5.14. The highest BCUT2D eigenvalue weighted by molar-refractivity contribution is 7.90. The van der Waals surface area contributed by atoms with Crippen LogP contribution in [0, 0.1) is 0 Å². The lowest BCUT2D eigenvalue weighted by Gasteiger charge is -2.27. The average molecular weight is 440 g/mol. The molecule has 0 saturated carbocycles. The summed E-state index contributed by atoms with van der Waals surface area (Å²) in [5.41, 5.74) is 1.19. The average Bonchev–Trinajstić information content (AvgIpc) is 3.26. The van der Waals surface area contributed by atoms with E-state index in [0.29, 0.717) is 5.56 Å². The Morgan fingerprint density at radius 3 is 2.52 bits per heavy atom. The highest BCUT2D eigenvalue weighted by atomic mass is 32.2. The zero-order valence-electron chi connectivity index (χ0n) is 17.2. The molecule has 3 aromatic rings. The van der Waals surface area contributed by atoms with Crippen molar-refractivity contribution in [3.63, 3.8) is 0 Å². The second-order valence-corrected chi connectivity index (χ2v) is 9.59. The van der Waals surface area contributed by atoms with Crippen molar-refractivity contribution >= 4 is 21.6 Å². The van der Waals surface area contributed by atoms with E-state index in [-0.39, 0.29) is 23.0 Å². The van der Waals surface area contributed by atoms with E-state index in [2.05, 4.69) is 15.2 Å². The molecule has 0 aliphatic carbocycles. The summed E-state index contributed by atoms with van der Waals surface area (Å²) in [7, 11) is -3.58. The van der Waals surface area contributed by atoms with Crippen LogP contribution in [0.25, 0.3) is 0 Å². The quantitative estimate of drug-likeness (QED) is 0.605. The molecule has 1 aliphatic rings. The molecule has 7 nitrogen and oxygen atoms in total. The molecular formula is C23H25N3O4S. The lowest BCUT2D eigenvalue weighted by molar-refractivity contribution is 0.0922. The minimum atomic E-state index is -3.58. The molecule has 1 N–H and O–H groups in total. The van der Waals surface area contributed by atoms with E-state index >= 15 is 0 Å². The molecule has 162 valence electrons. The zero-order chi connectivity index (χ0) is 21.7. The van der Waals surface area contributed by atoms with Gasteiger partial charge >= 0.3 is 0 Å². The molecule has 0 radical (unpaired) electrons. The number of hydrogen-bond acceptors (Lipinski definition) is 6. The van der Waals surface area contributed by atoms with Crippen molar-refractivity contribution in [3.8, 4) is 0 Å². The van der Waals surface area contributed by atoms with Crippen LogP contribution in [-0.2, 0) is 22.1 Å². The van der Waals surface area contributed by atoms with Crippen LogP contribution in [0.2, 0.25) is 0 Å². The second kappa shape index (κ2) is 9.34. The van der Waals surface area contributed by atoms with Gasteiger partial charge in [0.05, 0.1) is 16.9 Å². The van der Waals surface area contributed by atoms with Gasteiger partial charge in [-0.25, -0.2) is 13.4 Å². The van der Waals surface area contributed by atoms with E-state index in [0.717, 1.165) is 24.5 Å². The number of anilines is 1. The van der Waals surface area contributed by atoms with E-state index in [1.807, 2.05) is 12.1 Å². The van der Waals surface area contributed by atoms with Crippen molar-refractivity contribution < 1.29 is 17.6 Å². The molecule has 0 bridgehead atoms. The van der Waals surface area contributed by atoms with Gasteiger partial charge in [-0.3, -0.25) is 4.79 Å². The van der Waals surface area contributed by atoms with Crippen LogP contribution in [0.1, 0.15) is 40.9 Å². The summed E-state index contributed by atoms with van der Waals surface area (Å²) in [6.07, 6.45) is 6.73. The summed E-state index contributed by atoms with van der Waals surface area (Å²) < 4.78 is 30.6. The largest absolute Gasteiger partial charge is 0.459 e. The molecule has 4 rings (SSSR count). The fourth-order valence-electron chi connectivity index (χ4n) is 3.66. The number of carbonyl (C=O) groups is 1. The van der Waals surface area contributed by atoms with E-state index in [1.165, 1.54) is 43.7 Å². The maximum Gasteiger partial charge on any atom is 0.287 e. The first-order chi connectivity index (χ1) is 15.0. The summed E-state index contributed by atoms with van der Waals surface area (Å²) >= 11 is 0. The van der Waals surface area contributed by atoms with Gasteiger partial charge in [0.1, 0.15) is 5.82 Å². The van der Waals surface area contributed by atoms with Crippen molar-refractivity contribution in [1.29, 1.82) is 0 Å². The van der Waals surface area contributed by atoms with Crippen molar-refractivity contribution in [2.45, 2.75) is 36.5 Å². The molecule has 8 heteroatoms. The molecule has 1 saturated heterocycles. The van der Waals surface area contributed by atoms with Gasteiger partial charge in [-0.2, -0.15) is 0 Å². The van der Waals surface area contributed by atoms with Gasteiger partial charge < -0.3 is 14.6 Å². The highest BCUT2D eigenvalue weighted by Gasteiger charge is 2.22. The fraction of sp³-hybridized carbons (Fsp3) is 0.304. The van der Waals surface area contributed by atoms with E-state index < -0.39 is 15.7 Å². The number of rotatable bonds is 7. The Morgan fingerprint density at radius 2 is 1.81 bits per heavy atom. The van der Waals surface area contributed by atoms with Crippen LogP contribution in [-0.4, -0.2) is 32.4 Å². The third-order valence-electron chi connectivity index (χ3n) is 5.34. The van der Waals surface area contributed by atoms with Gasteiger partial charge in [0.15, 0.2) is 15.6 Å². The van der Waals surface area contributed by atoms with Gasteiger partial charge in [-0.1, -0.05) is 24.3 Å². The first-order valence-corrected chi connectivity index (χ1v) is 12.0. The molecule has 0 unspecified atom stereocenters. The zero-order valence-corrected chi connectivity index (χ0v) is 18.0. The van der Waals surface area contributed by atoms with E-state index in [1.54, 1.807) is 24.4 Å². The molecular weight excluding hydrogens is 414 g/mol. The second-order valence-electron chi connectivity index (χ2n) is 7.60. The van der Waals surface area contributed by atoms with Gasteiger partial charge in [0, 0.05) is 31.4 Å². The number of hydrogen-bond donors (Lipinski definition) is 1. The van der Waals surface area contributed by atoms with Crippen molar-refractivity contribution in [1.82, 2.24) is 10.3 Å². The topological polar surface area (TPSA) is 92.5 Å². The molecule has 1 aromatic carbocycles.